The van der Waals surface area contributed by atoms with Crippen molar-refractivity contribution in [1.29, 1.82) is 0 Å². The summed E-state index contributed by atoms with van der Waals surface area (Å²) in [6.45, 7) is 13.2. The molecule has 0 amide bonds. The predicted molar refractivity (Wildman–Crippen MR) is 116 cm³/mol. The van der Waals surface area contributed by atoms with Crippen LogP contribution < -0.4 is 0 Å². The zero-order chi connectivity index (χ0) is 19.3. The molecule has 0 aliphatic heterocycles. The van der Waals surface area contributed by atoms with Crippen molar-refractivity contribution in [2.45, 2.75) is 40.8 Å². The van der Waals surface area contributed by atoms with E-state index in [1.165, 1.54) is 43.8 Å². The van der Waals surface area contributed by atoms with Gasteiger partial charge >= 0.3 is 41.9 Å². The van der Waals surface area contributed by atoms with Crippen LogP contribution in [0.1, 0.15) is 22.3 Å². The number of aryl methyl sites for hydroxylation is 4. The largest absolute Gasteiger partial charge is 0.168 e. The average molecular weight is 436 g/mol. The second-order valence-corrected chi connectivity index (χ2v) is 16.5. The molecule has 0 nitrogen and oxygen atoms in total. The van der Waals surface area contributed by atoms with E-state index in [1.54, 1.807) is 23.3 Å². The number of rotatable bonds is 0. The van der Waals surface area contributed by atoms with Gasteiger partial charge in [-0.3, -0.25) is 0 Å². The van der Waals surface area contributed by atoms with Gasteiger partial charge in [-0.05, 0) is 13.8 Å². The summed E-state index contributed by atoms with van der Waals surface area (Å²) >= 11 is 1.74. The molecule has 0 saturated heterocycles. The Bertz CT molecular complexity index is 863. The molecule has 0 aliphatic rings. The summed E-state index contributed by atoms with van der Waals surface area (Å²) < 4.78 is 0. The molecule has 0 radical (unpaired) electrons. The van der Waals surface area contributed by atoms with Crippen LogP contribution in [0.15, 0.2) is 60.7 Å². The Kier molecular flexibility index (Phi) is 7.80. The molecule has 0 spiro atoms. The molecule has 132 valence electrons. The summed E-state index contributed by atoms with van der Waals surface area (Å²) in [5, 5.41) is 5.57. The van der Waals surface area contributed by atoms with Gasteiger partial charge in [0.2, 0.25) is 0 Å². The Labute approximate surface area is 173 Å². The van der Waals surface area contributed by atoms with Crippen molar-refractivity contribution >= 4 is 27.0 Å². The van der Waals surface area contributed by atoms with Crippen molar-refractivity contribution in [1.82, 2.24) is 0 Å². The van der Waals surface area contributed by atoms with Gasteiger partial charge in [-0.1, -0.05) is 37.1 Å². The molecule has 0 N–H and O–H groups in total. The van der Waals surface area contributed by atoms with Gasteiger partial charge in [0.15, 0.2) is 0 Å². The first-order valence-electron chi connectivity index (χ1n) is 9.06. The van der Waals surface area contributed by atoms with Gasteiger partial charge in [0.25, 0.3) is 0 Å². The van der Waals surface area contributed by atoms with Crippen LogP contribution in [0.4, 0.5) is 0 Å². The quantitative estimate of drug-likeness (QED) is 0.203. The Balaban J connectivity index is 0.000000156. The average Bonchev–Trinajstić information content (AvgIpc) is 3.25. The summed E-state index contributed by atoms with van der Waals surface area (Å²) in [7, 11) is 0. The van der Waals surface area contributed by atoms with Crippen LogP contribution in [0, 0.1) is 27.7 Å². The predicted octanol–water partition coefficient (Wildman–Crippen LogP) is 7.14. The summed E-state index contributed by atoms with van der Waals surface area (Å²) in [5.74, 6) is 0. The maximum Gasteiger partial charge on any atom is -0.0488 e. The summed E-state index contributed by atoms with van der Waals surface area (Å²) in [4.78, 5) is 0. The third-order valence-corrected chi connectivity index (χ3v) is 4.50. The molecule has 4 rings (SSSR count). The van der Waals surface area contributed by atoms with Crippen molar-refractivity contribution < 1.29 is 23.3 Å². The third-order valence-electron chi connectivity index (χ3n) is 4.50. The smallest absolute Gasteiger partial charge is 0.0488 e. The second-order valence-electron chi connectivity index (χ2n) is 7.10. The fourth-order valence-corrected chi connectivity index (χ4v) is 3.07. The van der Waals surface area contributed by atoms with Gasteiger partial charge in [0.1, 0.15) is 0 Å². The molecule has 2 heteroatoms. The molecule has 0 unspecified atom stereocenters. The summed E-state index contributed by atoms with van der Waals surface area (Å²) in [5.41, 5.74) is 5.69. The number of benzene rings is 2. The first kappa shape index (κ1) is 21.1. The normalized spacial score (nSPS) is 10.2. The Morgan fingerprint density at radius 2 is 0.923 bits per heavy atom. The Morgan fingerprint density at radius 1 is 0.615 bits per heavy atom. The third kappa shape index (κ3) is 5.38. The van der Waals surface area contributed by atoms with Gasteiger partial charge in [-0.25, -0.2) is 0 Å². The van der Waals surface area contributed by atoms with Crippen LogP contribution >= 0.6 is 0 Å². The first-order valence-corrected chi connectivity index (χ1v) is 15.2. The summed E-state index contributed by atoms with van der Waals surface area (Å²) in [6.07, 6.45) is 0. The molecule has 4 aromatic rings. The van der Waals surface area contributed by atoms with E-state index in [0.717, 1.165) is 0 Å². The maximum atomic E-state index is 2.31. The fraction of sp³-hybridized carbons (Fsp3) is 0.250. The second kappa shape index (κ2) is 9.62. The summed E-state index contributed by atoms with van der Waals surface area (Å²) in [6, 6.07) is 21.7. The van der Waals surface area contributed by atoms with Crippen LogP contribution in [0.25, 0.3) is 21.5 Å². The first-order chi connectivity index (χ1) is 12.3. The topological polar surface area (TPSA) is 0 Å². The van der Waals surface area contributed by atoms with Crippen LogP contribution in [0.5, 0.6) is 0 Å². The molecule has 0 bridgehead atoms. The minimum Gasteiger partial charge on any atom is -0.168 e. The maximum absolute atomic E-state index is 2.31. The molecule has 0 aromatic heterocycles. The monoisotopic (exact) mass is 434 g/mol. The van der Waals surface area contributed by atoms with E-state index < -0.39 is 0 Å². The molecule has 0 atom stereocenters. The fourth-order valence-electron chi connectivity index (χ4n) is 3.07. The van der Waals surface area contributed by atoms with Crippen LogP contribution in [-0.2, 0) is 23.3 Å². The van der Waals surface area contributed by atoms with Crippen LogP contribution in [-0.4, -0.2) is 5.43 Å². The van der Waals surface area contributed by atoms with Crippen LogP contribution in [0.3, 0.4) is 0 Å². The van der Waals surface area contributed by atoms with Gasteiger partial charge in [-0.2, -0.15) is 24.3 Å². The zero-order valence-corrected chi connectivity index (χ0v) is 20.2. The Hall–Kier alpha value is -1.24. The van der Waals surface area contributed by atoms with Gasteiger partial charge in [0, 0.05) is 0 Å². The van der Waals surface area contributed by atoms with Crippen LogP contribution in [0.2, 0.25) is 13.1 Å². The molecule has 0 saturated carbocycles. The Morgan fingerprint density at radius 3 is 1.23 bits per heavy atom. The molecule has 26 heavy (non-hydrogen) atoms. The van der Waals surface area contributed by atoms with Gasteiger partial charge < -0.3 is 0 Å². The van der Waals surface area contributed by atoms with E-state index in [9.17, 15) is 0 Å². The zero-order valence-electron chi connectivity index (χ0n) is 16.8. The number of fused-ring (bicyclic) bond motifs is 2. The molecule has 0 heterocycles. The van der Waals surface area contributed by atoms with Crippen molar-refractivity contribution in [2.75, 3.05) is 0 Å². The molecule has 4 aromatic carbocycles. The van der Waals surface area contributed by atoms with E-state index in [0.29, 0.717) is 0 Å². The van der Waals surface area contributed by atoms with Gasteiger partial charge in [-0.15, -0.1) is 56.9 Å². The SMILES string of the molecule is C[Si](C)=[Zr+2].Cc1ccc(C)c2[cH-]ccc12.Cc1ccc(C)c2[cH-]ccc12. The van der Waals surface area contributed by atoms with Crippen molar-refractivity contribution in [3.8, 4) is 0 Å². The van der Waals surface area contributed by atoms with E-state index in [2.05, 4.69) is 101 Å². The van der Waals surface area contributed by atoms with E-state index in [1.807, 2.05) is 0 Å². The molecular formula is C24H28SiZr. The van der Waals surface area contributed by atoms with Crippen molar-refractivity contribution in [3.63, 3.8) is 0 Å². The molecule has 0 aliphatic carbocycles. The van der Waals surface area contributed by atoms with Crippen molar-refractivity contribution in [3.05, 3.63) is 82.9 Å². The molecular weight excluding hydrogens is 408 g/mol. The number of hydrogen-bond acceptors (Lipinski definition) is 0. The number of hydrogen-bond donors (Lipinski definition) is 0. The van der Waals surface area contributed by atoms with E-state index in [4.69, 9.17) is 0 Å². The minimum atomic E-state index is 0.210. The molecule has 0 fully saturated rings. The standard InChI is InChI=1S/2C11H11.C2H6Si.Zr/c2*1-8-6-7-9(2)11-5-3-4-10(8)11;1-3-2;/h2*3-7H,1-2H3;1-2H3;/q2*-1;;+2. The van der Waals surface area contributed by atoms with E-state index in [-0.39, 0.29) is 5.43 Å². The van der Waals surface area contributed by atoms with Crippen molar-refractivity contribution in [2.24, 2.45) is 0 Å². The minimum absolute atomic E-state index is 0.210. The van der Waals surface area contributed by atoms with Gasteiger partial charge in [0.05, 0.1) is 0 Å². The van der Waals surface area contributed by atoms with E-state index >= 15 is 0 Å².